The standard InChI is InChI=1S/C20H33NO6/c1-13(22)21-10-7-14(8-11-21)27-15-6-9-20(17(25)26,18(2,3)4)19(5,12-15)16(23)24/h14-15H,6-12H2,1-5H3,(H,23,24)(H,25,26)/t15-,19-,20-/m1/s1. The first-order chi connectivity index (χ1) is 12.3. The summed E-state index contributed by atoms with van der Waals surface area (Å²) in [5.41, 5.74) is -3.48. The van der Waals surface area contributed by atoms with E-state index in [9.17, 15) is 24.6 Å². The van der Waals surface area contributed by atoms with Crippen LogP contribution in [0.5, 0.6) is 0 Å². The van der Waals surface area contributed by atoms with Crippen molar-refractivity contribution in [2.24, 2.45) is 16.2 Å². The number of carboxylic acid groups (broad SMARTS) is 2. The van der Waals surface area contributed by atoms with Crippen LogP contribution < -0.4 is 0 Å². The Kier molecular flexibility index (Phi) is 5.95. The molecule has 0 aromatic rings. The molecule has 0 spiro atoms. The SMILES string of the molecule is CC(=O)N1CCC(O[C@@H]2CC[C@@](C(=O)O)(C(C)(C)C)[C@@](C)(C(=O)O)C2)CC1. The molecule has 0 radical (unpaired) electrons. The summed E-state index contributed by atoms with van der Waals surface area (Å²) in [4.78, 5) is 37.8. The number of hydrogen-bond acceptors (Lipinski definition) is 4. The van der Waals surface area contributed by atoms with Crippen molar-refractivity contribution in [2.75, 3.05) is 13.1 Å². The van der Waals surface area contributed by atoms with Crippen LogP contribution in [0.2, 0.25) is 0 Å². The van der Waals surface area contributed by atoms with E-state index in [0.29, 0.717) is 19.5 Å². The van der Waals surface area contributed by atoms with Crippen molar-refractivity contribution in [3.63, 3.8) is 0 Å². The molecule has 3 atom stereocenters. The van der Waals surface area contributed by atoms with Crippen LogP contribution in [0.3, 0.4) is 0 Å². The Morgan fingerprint density at radius 1 is 1.00 bits per heavy atom. The summed E-state index contributed by atoms with van der Waals surface area (Å²) in [7, 11) is 0. The second-order valence-corrected chi connectivity index (χ2v) is 9.30. The molecular formula is C20H33NO6. The van der Waals surface area contributed by atoms with Crippen LogP contribution in [0.4, 0.5) is 0 Å². The Hall–Kier alpha value is -1.63. The van der Waals surface area contributed by atoms with Crippen molar-refractivity contribution in [3.8, 4) is 0 Å². The topological polar surface area (TPSA) is 104 Å². The number of aliphatic carboxylic acids is 2. The molecule has 2 rings (SSSR count). The first kappa shape index (κ1) is 21.7. The van der Waals surface area contributed by atoms with E-state index in [0.717, 1.165) is 12.8 Å². The highest BCUT2D eigenvalue weighted by molar-refractivity contribution is 5.87. The molecule has 1 aliphatic heterocycles. The van der Waals surface area contributed by atoms with Gasteiger partial charge in [0.1, 0.15) is 0 Å². The summed E-state index contributed by atoms with van der Waals surface area (Å²) >= 11 is 0. The molecule has 7 nitrogen and oxygen atoms in total. The lowest BCUT2D eigenvalue weighted by atomic mass is 9.47. The zero-order valence-electron chi connectivity index (χ0n) is 17.1. The van der Waals surface area contributed by atoms with E-state index < -0.39 is 28.2 Å². The first-order valence-corrected chi connectivity index (χ1v) is 9.73. The van der Waals surface area contributed by atoms with Gasteiger partial charge in [-0.2, -0.15) is 0 Å². The lowest BCUT2D eigenvalue weighted by Gasteiger charge is -2.55. The molecule has 1 heterocycles. The fourth-order valence-corrected chi connectivity index (χ4v) is 5.22. The summed E-state index contributed by atoms with van der Waals surface area (Å²) in [5.74, 6) is -2.08. The van der Waals surface area contributed by atoms with Gasteiger partial charge in [0.2, 0.25) is 5.91 Å². The summed E-state index contributed by atoms with van der Waals surface area (Å²) < 4.78 is 6.20. The van der Waals surface area contributed by atoms with Crippen LogP contribution >= 0.6 is 0 Å². The van der Waals surface area contributed by atoms with E-state index in [1.807, 2.05) is 0 Å². The molecule has 2 aliphatic rings. The van der Waals surface area contributed by atoms with Gasteiger partial charge < -0.3 is 19.8 Å². The zero-order valence-corrected chi connectivity index (χ0v) is 17.1. The maximum atomic E-state index is 12.3. The molecule has 1 saturated carbocycles. The van der Waals surface area contributed by atoms with Gasteiger partial charge in [0.25, 0.3) is 0 Å². The smallest absolute Gasteiger partial charge is 0.311 e. The van der Waals surface area contributed by atoms with Gasteiger partial charge >= 0.3 is 11.9 Å². The van der Waals surface area contributed by atoms with E-state index in [1.165, 1.54) is 0 Å². The van der Waals surface area contributed by atoms with Crippen LogP contribution in [0, 0.1) is 16.2 Å². The fraction of sp³-hybridized carbons (Fsp3) is 0.850. The maximum absolute atomic E-state index is 12.3. The summed E-state index contributed by atoms with van der Waals surface area (Å²) in [6.07, 6.45) is 2.13. The minimum Gasteiger partial charge on any atom is -0.481 e. The summed E-state index contributed by atoms with van der Waals surface area (Å²) in [6, 6.07) is 0. The Morgan fingerprint density at radius 2 is 1.56 bits per heavy atom. The zero-order chi connectivity index (χ0) is 20.6. The third-order valence-electron chi connectivity index (χ3n) is 6.81. The number of likely N-dealkylation sites (tertiary alicyclic amines) is 1. The van der Waals surface area contributed by atoms with Crippen molar-refractivity contribution in [1.82, 2.24) is 4.90 Å². The lowest BCUT2D eigenvalue weighted by molar-refractivity contribution is -0.203. The monoisotopic (exact) mass is 383 g/mol. The lowest BCUT2D eigenvalue weighted by Crippen LogP contribution is -2.61. The van der Waals surface area contributed by atoms with Crippen LogP contribution in [0.1, 0.15) is 66.7 Å². The van der Waals surface area contributed by atoms with Gasteiger partial charge in [0.05, 0.1) is 23.0 Å². The third-order valence-corrected chi connectivity index (χ3v) is 6.81. The Labute approximate surface area is 161 Å². The molecule has 7 heteroatoms. The van der Waals surface area contributed by atoms with Crippen molar-refractivity contribution < 1.29 is 29.3 Å². The normalized spacial score (nSPS) is 32.9. The van der Waals surface area contributed by atoms with Gasteiger partial charge in [-0.25, -0.2) is 0 Å². The average molecular weight is 383 g/mol. The second-order valence-electron chi connectivity index (χ2n) is 9.30. The third kappa shape index (κ3) is 3.71. The Bertz CT molecular complexity index is 604. The van der Waals surface area contributed by atoms with Crippen molar-refractivity contribution in [3.05, 3.63) is 0 Å². The summed E-state index contributed by atoms with van der Waals surface area (Å²) in [5, 5.41) is 20.1. The van der Waals surface area contributed by atoms with Gasteiger partial charge in [0, 0.05) is 20.0 Å². The number of ether oxygens (including phenoxy) is 1. The average Bonchev–Trinajstić information content (AvgIpc) is 2.53. The van der Waals surface area contributed by atoms with Crippen molar-refractivity contribution in [2.45, 2.75) is 78.9 Å². The molecule has 1 aliphatic carbocycles. The highest BCUT2D eigenvalue weighted by Crippen LogP contribution is 2.60. The van der Waals surface area contributed by atoms with E-state index in [2.05, 4.69) is 0 Å². The van der Waals surface area contributed by atoms with Crippen molar-refractivity contribution >= 4 is 17.8 Å². The maximum Gasteiger partial charge on any atom is 0.311 e. The molecule has 2 N–H and O–H groups in total. The predicted octanol–water partition coefficient (Wildman–Crippen LogP) is 2.77. The number of carbonyl (C=O) groups excluding carboxylic acids is 1. The molecule has 0 unspecified atom stereocenters. The number of carbonyl (C=O) groups is 3. The largest absolute Gasteiger partial charge is 0.481 e. The first-order valence-electron chi connectivity index (χ1n) is 9.73. The highest BCUT2D eigenvalue weighted by Gasteiger charge is 2.66. The van der Waals surface area contributed by atoms with Crippen LogP contribution in [0.25, 0.3) is 0 Å². The Morgan fingerprint density at radius 3 is 1.96 bits per heavy atom. The molecular weight excluding hydrogens is 350 g/mol. The quantitative estimate of drug-likeness (QED) is 0.773. The van der Waals surface area contributed by atoms with Gasteiger partial charge in [-0.15, -0.1) is 0 Å². The molecule has 154 valence electrons. The number of nitrogens with zero attached hydrogens (tertiary/aromatic N) is 1. The number of piperidine rings is 1. The van der Waals surface area contributed by atoms with E-state index in [4.69, 9.17) is 4.74 Å². The fourth-order valence-electron chi connectivity index (χ4n) is 5.22. The molecule has 1 saturated heterocycles. The molecule has 2 fully saturated rings. The van der Waals surface area contributed by atoms with Gasteiger partial charge in [-0.3, -0.25) is 14.4 Å². The predicted molar refractivity (Wildman–Crippen MR) is 99.3 cm³/mol. The highest BCUT2D eigenvalue weighted by atomic mass is 16.5. The minimum atomic E-state index is -1.42. The van der Waals surface area contributed by atoms with Crippen molar-refractivity contribution in [1.29, 1.82) is 0 Å². The number of carboxylic acids is 2. The summed E-state index contributed by atoms with van der Waals surface area (Å²) in [6.45, 7) is 9.82. The van der Waals surface area contributed by atoms with E-state index in [1.54, 1.807) is 39.5 Å². The minimum absolute atomic E-state index is 0.0180. The van der Waals surface area contributed by atoms with Gasteiger partial charge in [0.15, 0.2) is 0 Å². The molecule has 0 bridgehead atoms. The van der Waals surface area contributed by atoms with Crippen LogP contribution in [-0.2, 0) is 19.1 Å². The van der Waals surface area contributed by atoms with Gasteiger partial charge in [-0.1, -0.05) is 20.8 Å². The van der Waals surface area contributed by atoms with Crippen LogP contribution in [0.15, 0.2) is 0 Å². The molecule has 0 aromatic carbocycles. The van der Waals surface area contributed by atoms with E-state index in [-0.39, 0.29) is 31.0 Å². The number of hydrogen-bond donors (Lipinski definition) is 2. The number of rotatable bonds is 4. The van der Waals surface area contributed by atoms with E-state index >= 15 is 0 Å². The molecule has 1 amide bonds. The number of amides is 1. The molecule has 27 heavy (non-hydrogen) atoms. The van der Waals surface area contributed by atoms with Crippen LogP contribution in [-0.4, -0.2) is 58.3 Å². The molecule has 0 aromatic heterocycles. The van der Waals surface area contributed by atoms with Gasteiger partial charge in [-0.05, 0) is 44.4 Å². The second kappa shape index (κ2) is 7.41. The Balaban J connectivity index is 2.17.